The van der Waals surface area contributed by atoms with Gasteiger partial charge in [-0.15, -0.1) is 5.10 Å². The Morgan fingerprint density at radius 2 is 2.00 bits per heavy atom. The fourth-order valence-corrected chi connectivity index (χ4v) is 3.29. The Morgan fingerprint density at radius 1 is 1.37 bits per heavy atom. The highest BCUT2D eigenvalue weighted by Gasteiger charge is 2.44. The average Bonchev–Trinajstić information content (AvgIpc) is 2.90. The molecule has 0 aromatic carbocycles. The molecule has 0 N–H and O–H groups in total. The number of hydrogen-bond acceptors (Lipinski definition) is 4. The second kappa shape index (κ2) is 4.76. The normalized spacial score (nSPS) is 27.3. The summed E-state index contributed by atoms with van der Waals surface area (Å²) in [6, 6.07) is 0.927. The molecule has 2 unspecified atom stereocenters. The molecule has 7 heteroatoms. The van der Waals surface area contributed by atoms with Gasteiger partial charge in [0, 0.05) is 31.2 Å². The van der Waals surface area contributed by atoms with Crippen molar-refractivity contribution in [3.8, 4) is 0 Å². The quantitative estimate of drug-likeness (QED) is 0.783. The van der Waals surface area contributed by atoms with Gasteiger partial charge in [0.15, 0.2) is 0 Å². The van der Waals surface area contributed by atoms with E-state index < -0.39 is 0 Å². The number of hydrogen-bond donors (Lipinski definition) is 0. The van der Waals surface area contributed by atoms with E-state index in [0.717, 1.165) is 25.9 Å². The standard InChI is InChI=1S/C12H18ClN5O/c1-8(2)16-5-9-3-4-10(6-16)17(9)12(19)18-11(13)14-7-15-18/h7-10H,3-6H2,1-2H3. The van der Waals surface area contributed by atoms with Crippen LogP contribution >= 0.6 is 11.6 Å². The molecule has 1 aromatic heterocycles. The number of rotatable bonds is 1. The van der Waals surface area contributed by atoms with Crippen molar-refractivity contribution in [3.63, 3.8) is 0 Å². The lowest BCUT2D eigenvalue weighted by Crippen LogP contribution is -2.58. The van der Waals surface area contributed by atoms with Gasteiger partial charge in [-0.1, -0.05) is 0 Å². The Hall–Kier alpha value is -1.14. The van der Waals surface area contributed by atoms with Crippen LogP contribution < -0.4 is 0 Å². The van der Waals surface area contributed by atoms with Crippen molar-refractivity contribution in [1.82, 2.24) is 24.6 Å². The van der Waals surface area contributed by atoms with Gasteiger partial charge in [-0.05, 0) is 38.3 Å². The minimum atomic E-state index is -0.140. The van der Waals surface area contributed by atoms with Crippen LogP contribution in [0, 0.1) is 0 Å². The summed E-state index contributed by atoms with van der Waals surface area (Å²) in [5.41, 5.74) is 0. The monoisotopic (exact) mass is 283 g/mol. The Bertz CT molecular complexity index is 474. The van der Waals surface area contributed by atoms with Gasteiger partial charge in [-0.3, -0.25) is 4.90 Å². The van der Waals surface area contributed by atoms with Gasteiger partial charge in [0.25, 0.3) is 0 Å². The van der Waals surface area contributed by atoms with E-state index in [-0.39, 0.29) is 23.4 Å². The third-order valence-corrected chi connectivity index (χ3v) is 4.41. The summed E-state index contributed by atoms with van der Waals surface area (Å²) in [5, 5.41) is 4.05. The minimum absolute atomic E-state index is 0.135. The van der Waals surface area contributed by atoms with Crippen LogP contribution in [0.1, 0.15) is 26.7 Å². The lowest BCUT2D eigenvalue weighted by molar-refractivity contribution is 0.0700. The van der Waals surface area contributed by atoms with Gasteiger partial charge in [-0.25, -0.2) is 9.78 Å². The highest BCUT2D eigenvalue weighted by molar-refractivity contribution is 6.29. The smallest absolute Gasteiger partial charge is 0.314 e. The third kappa shape index (κ3) is 2.12. The number of nitrogens with zero attached hydrogens (tertiary/aromatic N) is 5. The summed E-state index contributed by atoms with van der Waals surface area (Å²) < 4.78 is 1.19. The van der Waals surface area contributed by atoms with Gasteiger partial charge in [-0.2, -0.15) is 4.68 Å². The molecule has 2 aliphatic rings. The maximum atomic E-state index is 12.5. The molecule has 0 aliphatic carbocycles. The van der Waals surface area contributed by atoms with Crippen LogP contribution in [0.5, 0.6) is 0 Å². The lowest BCUT2D eigenvalue weighted by Gasteiger charge is -2.42. The van der Waals surface area contributed by atoms with Crippen LogP contribution in [0.15, 0.2) is 6.33 Å². The van der Waals surface area contributed by atoms with Crippen LogP contribution in [0.2, 0.25) is 5.28 Å². The van der Waals surface area contributed by atoms with Crippen LogP contribution in [-0.4, -0.2) is 61.8 Å². The lowest BCUT2D eigenvalue weighted by atomic mass is 10.1. The number of piperazine rings is 1. The number of carbonyl (C=O) groups is 1. The second-order valence-electron chi connectivity index (χ2n) is 5.56. The van der Waals surface area contributed by atoms with Gasteiger partial charge >= 0.3 is 6.03 Å². The summed E-state index contributed by atoms with van der Waals surface area (Å²) in [6.45, 7) is 6.27. The van der Waals surface area contributed by atoms with Crippen molar-refractivity contribution in [3.05, 3.63) is 11.6 Å². The van der Waals surface area contributed by atoms with E-state index in [2.05, 4.69) is 28.8 Å². The first kappa shape index (κ1) is 12.9. The van der Waals surface area contributed by atoms with Crippen LogP contribution in [0.25, 0.3) is 0 Å². The van der Waals surface area contributed by atoms with E-state index in [1.54, 1.807) is 0 Å². The van der Waals surface area contributed by atoms with Crippen molar-refractivity contribution in [2.45, 2.75) is 44.8 Å². The Labute approximate surface area is 117 Å². The fourth-order valence-electron chi connectivity index (χ4n) is 3.13. The highest BCUT2D eigenvalue weighted by Crippen LogP contribution is 2.31. The van der Waals surface area contributed by atoms with Crippen molar-refractivity contribution < 1.29 is 4.79 Å². The predicted octanol–water partition coefficient (Wildman–Crippen LogP) is 1.46. The van der Waals surface area contributed by atoms with Gasteiger partial charge in [0.2, 0.25) is 5.28 Å². The van der Waals surface area contributed by atoms with E-state index in [9.17, 15) is 4.79 Å². The topological polar surface area (TPSA) is 54.3 Å². The molecule has 2 fully saturated rings. The van der Waals surface area contributed by atoms with Gasteiger partial charge < -0.3 is 4.90 Å². The van der Waals surface area contributed by atoms with E-state index in [1.807, 2.05) is 4.90 Å². The Kier molecular flexibility index (Phi) is 3.22. The third-order valence-electron chi connectivity index (χ3n) is 4.15. The number of carbonyl (C=O) groups excluding carboxylic acids is 1. The number of halogens is 1. The van der Waals surface area contributed by atoms with Crippen LogP contribution in [0.3, 0.4) is 0 Å². The van der Waals surface area contributed by atoms with Crippen molar-refractivity contribution in [2.24, 2.45) is 0 Å². The minimum Gasteiger partial charge on any atom is -0.314 e. The SMILES string of the molecule is CC(C)N1CC2CCC(C1)N2C(=O)n1ncnc1Cl. The molecule has 2 bridgehead atoms. The highest BCUT2D eigenvalue weighted by atomic mass is 35.5. The second-order valence-corrected chi connectivity index (χ2v) is 5.90. The molecule has 1 amide bonds. The van der Waals surface area contributed by atoms with Gasteiger partial charge in [0.05, 0.1) is 0 Å². The molecular weight excluding hydrogens is 266 g/mol. The molecule has 0 spiro atoms. The molecule has 104 valence electrons. The molecule has 6 nitrogen and oxygen atoms in total. The molecule has 0 radical (unpaired) electrons. The van der Waals surface area contributed by atoms with E-state index >= 15 is 0 Å². The number of likely N-dealkylation sites (tertiary alicyclic amines) is 1. The van der Waals surface area contributed by atoms with Crippen molar-refractivity contribution >= 4 is 17.6 Å². The first-order chi connectivity index (χ1) is 9.08. The fraction of sp³-hybridized carbons (Fsp3) is 0.750. The zero-order chi connectivity index (χ0) is 13.6. The first-order valence-electron chi connectivity index (χ1n) is 6.70. The first-order valence-corrected chi connectivity index (χ1v) is 7.08. The van der Waals surface area contributed by atoms with Crippen molar-refractivity contribution in [1.29, 1.82) is 0 Å². The Morgan fingerprint density at radius 3 is 2.47 bits per heavy atom. The molecule has 1 aromatic rings. The van der Waals surface area contributed by atoms with Crippen LogP contribution in [-0.2, 0) is 0 Å². The number of amides is 1. The number of fused-ring (bicyclic) bond motifs is 2. The number of aromatic nitrogens is 3. The van der Waals surface area contributed by atoms with E-state index in [0.29, 0.717) is 6.04 Å². The molecule has 2 aliphatic heterocycles. The molecule has 0 saturated carbocycles. The largest absolute Gasteiger partial charge is 0.348 e. The summed E-state index contributed by atoms with van der Waals surface area (Å²) in [5.74, 6) is 0. The van der Waals surface area contributed by atoms with E-state index in [4.69, 9.17) is 11.6 Å². The molecule has 19 heavy (non-hydrogen) atoms. The molecule has 2 saturated heterocycles. The molecule has 2 atom stereocenters. The molecule has 3 rings (SSSR count). The average molecular weight is 284 g/mol. The maximum absolute atomic E-state index is 12.5. The van der Waals surface area contributed by atoms with E-state index in [1.165, 1.54) is 11.0 Å². The summed E-state index contributed by atoms with van der Waals surface area (Å²) in [6.07, 6.45) is 3.43. The molecular formula is C12H18ClN5O. The predicted molar refractivity (Wildman–Crippen MR) is 71.2 cm³/mol. The maximum Gasteiger partial charge on any atom is 0.348 e. The zero-order valence-corrected chi connectivity index (χ0v) is 11.9. The summed E-state index contributed by atoms with van der Waals surface area (Å²) >= 11 is 5.88. The summed E-state index contributed by atoms with van der Waals surface area (Å²) in [4.78, 5) is 20.7. The molecule has 3 heterocycles. The summed E-state index contributed by atoms with van der Waals surface area (Å²) in [7, 11) is 0. The van der Waals surface area contributed by atoms with Crippen molar-refractivity contribution in [2.75, 3.05) is 13.1 Å². The zero-order valence-electron chi connectivity index (χ0n) is 11.2. The Balaban J connectivity index is 1.81. The van der Waals surface area contributed by atoms with Crippen LogP contribution in [0.4, 0.5) is 4.79 Å². The van der Waals surface area contributed by atoms with Gasteiger partial charge in [0.1, 0.15) is 6.33 Å².